The zero-order chi connectivity index (χ0) is 20.2. The van der Waals surface area contributed by atoms with Crippen LogP contribution in [0.25, 0.3) is 44.9 Å². The third-order valence-corrected chi connectivity index (χ3v) is 5.20. The van der Waals surface area contributed by atoms with E-state index in [0.717, 1.165) is 33.8 Å². The molecular weight excluding hydrogens is 364 g/mol. The molecule has 5 rings (SSSR count). The summed E-state index contributed by atoms with van der Waals surface area (Å²) >= 11 is 0. The van der Waals surface area contributed by atoms with Gasteiger partial charge in [-0.05, 0) is 28.3 Å². The van der Waals surface area contributed by atoms with Crippen LogP contribution >= 0.6 is 0 Å². The maximum atomic E-state index is 4.97. The number of aromatic nitrogens is 2. The fourth-order valence-electron chi connectivity index (χ4n) is 3.76. The minimum Gasteiger partial charge on any atom is -0.237 e. The molecule has 1 heterocycles. The highest BCUT2D eigenvalue weighted by Gasteiger charge is 2.12. The summed E-state index contributed by atoms with van der Waals surface area (Å²) in [5.41, 5.74) is 7.69. The van der Waals surface area contributed by atoms with Gasteiger partial charge in [0.2, 0.25) is 0 Å². The lowest BCUT2D eigenvalue weighted by molar-refractivity contribution is 1.18. The normalized spacial score (nSPS) is 10.7. The average Bonchev–Trinajstić information content (AvgIpc) is 2.85. The molecule has 0 atom stereocenters. The summed E-state index contributed by atoms with van der Waals surface area (Å²) < 4.78 is 0. The smallest absolute Gasteiger partial charge is 0.160 e. The first-order valence-electron chi connectivity index (χ1n) is 10.0. The number of nitrogens with zero attached hydrogens (tertiary/aromatic N) is 2. The van der Waals surface area contributed by atoms with Gasteiger partial charge in [0.05, 0.1) is 5.69 Å². The highest BCUT2D eigenvalue weighted by atomic mass is 14.9. The predicted octanol–water partition coefficient (Wildman–Crippen LogP) is 7.14. The van der Waals surface area contributed by atoms with Crippen molar-refractivity contribution in [1.29, 1.82) is 0 Å². The van der Waals surface area contributed by atoms with Crippen molar-refractivity contribution in [2.24, 2.45) is 0 Å². The van der Waals surface area contributed by atoms with Crippen molar-refractivity contribution in [3.05, 3.63) is 121 Å². The molecule has 0 saturated heterocycles. The Morgan fingerprint density at radius 3 is 1.47 bits per heavy atom. The van der Waals surface area contributed by atoms with Crippen LogP contribution in [0.4, 0.5) is 0 Å². The van der Waals surface area contributed by atoms with Crippen LogP contribution in [0.1, 0.15) is 0 Å². The van der Waals surface area contributed by atoms with Gasteiger partial charge in [0, 0.05) is 17.3 Å². The summed E-state index contributed by atoms with van der Waals surface area (Å²) in [7, 11) is 0. The highest BCUT2D eigenvalue weighted by molar-refractivity contribution is 5.84. The summed E-state index contributed by atoms with van der Waals surface area (Å²) in [5.74, 6) is 0.731. The lowest BCUT2D eigenvalue weighted by Crippen LogP contribution is -1.95. The molecule has 0 unspecified atom stereocenters. The van der Waals surface area contributed by atoms with Gasteiger partial charge in [0.25, 0.3) is 0 Å². The van der Waals surface area contributed by atoms with E-state index in [9.17, 15) is 0 Å². The van der Waals surface area contributed by atoms with Crippen molar-refractivity contribution in [2.75, 3.05) is 0 Å². The SMILES string of the molecule is c1ccc(-c2ccccc2-c2ccnc(-c3ccccc3-c3ccccc3)n2)cc1. The molecule has 2 heteroatoms. The van der Waals surface area contributed by atoms with Gasteiger partial charge in [-0.1, -0.05) is 109 Å². The molecule has 0 aliphatic heterocycles. The molecule has 0 bridgehead atoms. The van der Waals surface area contributed by atoms with E-state index in [0.29, 0.717) is 0 Å². The Bertz CT molecular complexity index is 1180. The van der Waals surface area contributed by atoms with Gasteiger partial charge in [-0.2, -0.15) is 0 Å². The second kappa shape index (κ2) is 8.14. The van der Waals surface area contributed by atoms with Gasteiger partial charge in [0.1, 0.15) is 0 Å². The molecule has 0 amide bonds. The first-order chi connectivity index (χ1) is 14.9. The molecule has 0 aliphatic carbocycles. The van der Waals surface area contributed by atoms with Gasteiger partial charge in [-0.25, -0.2) is 9.97 Å². The molecule has 2 nitrogen and oxygen atoms in total. The lowest BCUT2D eigenvalue weighted by atomic mass is 9.97. The van der Waals surface area contributed by atoms with Crippen LogP contribution in [0, 0.1) is 0 Å². The molecule has 0 spiro atoms. The van der Waals surface area contributed by atoms with E-state index in [2.05, 4.69) is 96.0 Å². The van der Waals surface area contributed by atoms with Gasteiger partial charge < -0.3 is 0 Å². The molecule has 0 saturated carbocycles. The monoisotopic (exact) mass is 384 g/mol. The van der Waals surface area contributed by atoms with Gasteiger partial charge in [0.15, 0.2) is 5.82 Å². The quantitative estimate of drug-likeness (QED) is 0.329. The van der Waals surface area contributed by atoms with E-state index < -0.39 is 0 Å². The zero-order valence-electron chi connectivity index (χ0n) is 16.4. The van der Waals surface area contributed by atoms with Crippen LogP contribution in [-0.4, -0.2) is 9.97 Å². The fourth-order valence-corrected chi connectivity index (χ4v) is 3.76. The summed E-state index contributed by atoms with van der Waals surface area (Å²) in [6.07, 6.45) is 1.85. The third kappa shape index (κ3) is 3.51. The molecule has 142 valence electrons. The Hall–Kier alpha value is -4.04. The second-order valence-corrected chi connectivity index (χ2v) is 7.09. The van der Waals surface area contributed by atoms with E-state index in [-0.39, 0.29) is 0 Å². The molecular formula is C28H20N2. The summed E-state index contributed by atoms with van der Waals surface area (Å²) in [4.78, 5) is 9.59. The molecule has 30 heavy (non-hydrogen) atoms. The van der Waals surface area contributed by atoms with Crippen LogP contribution in [0.2, 0.25) is 0 Å². The maximum Gasteiger partial charge on any atom is 0.160 e. The van der Waals surface area contributed by atoms with Crippen LogP contribution in [0.5, 0.6) is 0 Å². The molecule has 4 aromatic carbocycles. The minimum absolute atomic E-state index is 0.731. The third-order valence-electron chi connectivity index (χ3n) is 5.20. The first-order valence-corrected chi connectivity index (χ1v) is 10.0. The molecule has 5 aromatic rings. The van der Waals surface area contributed by atoms with Crippen molar-refractivity contribution in [3.63, 3.8) is 0 Å². The maximum absolute atomic E-state index is 4.97. The number of hydrogen-bond donors (Lipinski definition) is 0. The fraction of sp³-hybridized carbons (Fsp3) is 0. The van der Waals surface area contributed by atoms with E-state index >= 15 is 0 Å². The standard InChI is InChI=1S/C28H20N2/c1-3-11-21(12-4-1)23-15-7-9-17-25(23)27-19-20-29-28(30-27)26-18-10-8-16-24(26)22-13-5-2-6-14-22/h1-20H. The summed E-state index contributed by atoms with van der Waals surface area (Å²) in [6, 6.07) is 39.5. The molecule has 0 aliphatic rings. The van der Waals surface area contributed by atoms with Gasteiger partial charge in [-0.3, -0.25) is 0 Å². The Morgan fingerprint density at radius 1 is 0.400 bits per heavy atom. The first kappa shape index (κ1) is 18.0. The van der Waals surface area contributed by atoms with Crippen LogP contribution in [0.15, 0.2) is 121 Å². The minimum atomic E-state index is 0.731. The lowest BCUT2D eigenvalue weighted by Gasteiger charge is -2.12. The van der Waals surface area contributed by atoms with Crippen LogP contribution in [0.3, 0.4) is 0 Å². The van der Waals surface area contributed by atoms with Crippen molar-refractivity contribution in [1.82, 2.24) is 9.97 Å². The molecule has 0 radical (unpaired) electrons. The van der Waals surface area contributed by atoms with Crippen molar-refractivity contribution >= 4 is 0 Å². The van der Waals surface area contributed by atoms with Crippen molar-refractivity contribution in [2.45, 2.75) is 0 Å². The predicted molar refractivity (Wildman–Crippen MR) is 124 cm³/mol. The Kier molecular flexibility index (Phi) is 4.89. The zero-order valence-corrected chi connectivity index (χ0v) is 16.4. The number of hydrogen-bond acceptors (Lipinski definition) is 2. The van der Waals surface area contributed by atoms with E-state index in [4.69, 9.17) is 4.98 Å². The highest BCUT2D eigenvalue weighted by Crippen LogP contribution is 2.33. The largest absolute Gasteiger partial charge is 0.237 e. The van der Waals surface area contributed by atoms with E-state index in [1.807, 2.05) is 30.5 Å². The van der Waals surface area contributed by atoms with Crippen molar-refractivity contribution in [3.8, 4) is 44.9 Å². The van der Waals surface area contributed by atoms with E-state index in [1.54, 1.807) is 0 Å². The average molecular weight is 384 g/mol. The summed E-state index contributed by atoms with van der Waals surface area (Å²) in [5, 5.41) is 0. The molecule has 1 aromatic heterocycles. The second-order valence-electron chi connectivity index (χ2n) is 7.09. The molecule has 0 fully saturated rings. The Balaban J connectivity index is 1.64. The van der Waals surface area contributed by atoms with Crippen LogP contribution < -0.4 is 0 Å². The number of rotatable bonds is 4. The Labute approximate surface area is 176 Å². The van der Waals surface area contributed by atoms with Crippen LogP contribution in [-0.2, 0) is 0 Å². The van der Waals surface area contributed by atoms with Gasteiger partial charge in [-0.15, -0.1) is 0 Å². The molecule has 0 N–H and O–H groups in total. The van der Waals surface area contributed by atoms with Gasteiger partial charge >= 0.3 is 0 Å². The topological polar surface area (TPSA) is 25.8 Å². The van der Waals surface area contributed by atoms with Crippen molar-refractivity contribution < 1.29 is 0 Å². The van der Waals surface area contributed by atoms with E-state index in [1.165, 1.54) is 11.1 Å². The number of benzene rings is 4. The Morgan fingerprint density at radius 2 is 0.867 bits per heavy atom. The summed E-state index contributed by atoms with van der Waals surface area (Å²) in [6.45, 7) is 0.